The zero-order valence-corrected chi connectivity index (χ0v) is 10.0. The van der Waals surface area contributed by atoms with E-state index >= 15 is 0 Å². The monoisotopic (exact) mass is 200 g/mol. The van der Waals surface area contributed by atoms with Gasteiger partial charge in [-0.1, -0.05) is 45.0 Å². The average molecular weight is 200 g/mol. The predicted octanol–water partition coefficient (Wildman–Crippen LogP) is 4.16. The topological polar surface area (TPSA) is 0 Å². The molecule has 0 N–H and O–H groups in total. The third kappa shape index (κ3) is 4.21. The minimum Gasteiger partial charge on any atom is -0.104 e. The number of hydrogen-bond donors (Lipinski definition) is 0. The van der Waals surface area contributed by atoms with Gasteiger partial charge in [0.15, 0.2) is 0 Å². The Labute approximate surface area is 93.7 Å². The van der Waals surface area contributed by atoms with Crippen molar-refractivity contribution in [3.05, 3.63) is 35.4 Å². The van der Waals surface area contributed by atoms with E-state index in [1.807, 2.05) is 0 Å². The highest BCUT2D eigenvalue weighted by molar-refractivity contribution is 5.25. The highest BCUT2D eigenvalue weighted by Crippen LogP contribution is 2.15. The zero-order chi connectivity index (χ0) is 11.1. The molecule has 1 rings (SSSR count). The molecule has 0 aromatic heterocycles. The van der Waals surface area contributed by atoms with Gasteiger partial charge < -0.3 is 0 Å². The standard InChI is InChI=1S/C15H20/c1-4-5-6-7-8-14-9-11-15(12-10-14)13(2)3/h9-13H,4,7-8H2,1-3H3. The van der Waals surface area contributed by atoms with Crippen LogP contribution in [0.15, 0.2) is 24.3 Å². The molecule has 0 heterocycles. The Morgan fingerprint density at radius 1 is 1.07 bits per heavy atom. The fourth-order valence-electron chi connectivity index (χ4n) is 1.49. The first-order chi connectivity index (χ1) is 7.24. The summed E-state index contributed by atoms with van der Waals surface area (Å²) < 4.78 is 0. The molecule has 0 spiro atoms. The van der Waals surface area contributed by atoms with Gasteiger partial charge in [-0.05, 0) is 23.5 Å². The molecule has 0 saturated carbocycles. The second-order valence-electron chi connectivity index (χ2n) is 4.10. The summed E-state index contributed by atoms with van der Waals surface area (Å²) in [6.07, 6.45) is 3.02. The Hall–Kier alpha value is -1.22. The van der Waals surface area contributed by atoms with E-state index in [4.69, 9.17) is 0 Å². The first-order valence-electron chi connectivity index (χ1n) is 5.78. The van der Waals surface area contributed by atoms with E-state index in [1.165, 1.54) is 11.1 Å². The van der Waals surface area contributed by atoms with Gasteiger partial charge in [0.1, 0.15) is 0 Å². The van der Waals surface area contributed by atoms with Crippen LogP contribution in [0.3, 0.4) is 0 Å². The van der Waals surface area contributed by atoms with Gasteiger partial charge in [-0.25, -0.2) is 0 Å². The molecule has 0 aliphatic rings. The Morgan fingerprint density at radius 3 is 2.27 bits per heavy atom. The second-order valence-corrected chi connectivity index (χ2v) is 4.10. The third-order valence-corrected chi connectivity index (χ3v) is 2.49. The third-order valence-electron chi connectivity index (χ3n) is 2.49. The minimum atomic E-state index is 0.624. The Morgan fingerprint density at radius 2 is 1.73 bits per heavy atom. The molecule has 0 saturated heterocycles. The molecule has 15 heavy (non-hydrogen) atoms. The van der Waals surface area contributed by atoms with Gasteiger partial charge in [-0.15, -0.1) is 11.8 Å². The molecular weight excluding hydrogens is 180 g/mol. The van der Waals surface area contributed by atoms with Crippen molar-refractivity contribution in [2.75, 3.05) is 0 Å². The molecule has 0 heteroatoms. The molecule has 1 aromatic carbocycles. The van der Waals surface area contributed by atoms with Crippen LogP contribution in [-0.4, -0.2) is 0 Å². The molecule has 0 amide bonds. The minimum absolute atomic E-state index is 0.624. The normalized spacial score (nSPS) is 9.87. The Kier molecular flexibility index (Phi) is 4.98. The fraction of sp³-hybridized carbons (Fsp3) is 0.467. The summed E-state index contributed by atoms with van der Waals surface area (Å²) in [5.74, 6) is 6.89. The molecule has 80 valence electrons. The zero-order valence-electron chi connectivity index (χ0n) is 10.0. The smallest absolute Gasteiger partial charge is 0.0129 e. The summed E-state index contributed by atoms with van der Waals surface area (Å²) in [7, 11) is 0. The molecule has 1 aromatic rings. The first-order valence-corrected chi connectivity index (χ1v) is 5.78. The average Bonchev–Trinajstić information content (AvgIpc) is 2.25. The molecule has 0 aliphatic heterocycles. The van der Waals surface area contributed by atoms with E-state index in [-0.39, 0.29) is 0 Å². The van der Waals surface area contributed by atoms with E-state index in [0.29, 0.717) is 5.92 Å². The molecule has 0 unspecified atom stereocenters. The van der Waals surface area contributed by atoms with Crippen LogP contribution in [0.5, 0.6) is 0 Å². The summed E-state index contributed by atoms with van der Waals surface area (Å²) in [6, 6.07) is 8.91. The van der Waals surface area contributed by atoms with Crippen LogP contribution in [0.4, 0.5) is 0 Å². The van der Waals surface area contributed by atoms with Crippen molar-refractivity contribution in [3.8, 4) is 11.8 Å². The summed E-state index contributed by atoms with van der Waals surface area (Å²) in [5, 5.41) is 0. The quantitative estimate of drug-likeness (QED) is 0.643. The van der Waals surface area contributed by atoms with Crippen molar-refractivity contribution >= 4 is 0 Å². The van der Waals surface area contributed by atoms with Crippen molar-refractivity contribution in [1.29, 1.82) is 0 Å². The molecule has 0 atom stereocenters. The van der Waals surface area contributed by atoms with Gasteiger partial charge in [0.05, 0.1) is 0 Å². The maximum Gasteiger partial charge on any atom is 0.0129 e. The highest BCUT2D eigenvalue weighted by atomic mass is 14.0. The van der Waals surface area contributed by atoms with Crippen LogP contribution in [0, 0.1) is 11.8 Å². The van der Waals surface area contributed by atoms with Gasteiger partial charge in [-0.2, -0.15) is 0 Å². The van der Waals surface area contributed by atoms with Gasteiger partial charge >= 0.3 is 0 Å². The Balaban J connectivity index is 2.50. The maximum atomic E-state index is 3.17. The van der Waals surface area contributed by atoms with Crippen LogP contribution in [0.2, 0.25) is 0 Å². The van der Waals surface area contributed by atoms with Crippen LogP contribution >= 0.6 is 0 Å². The van der Waals surface area contributed by atoms with Crippen LogP contribution in [0.25, 0.3) is 0 Å². The largest absolute Gasteiger partial charge is 0.104 e. The van der Waals surface area contributed by atoms with Crippen molar-refractivity contribution in [3.63, 3.8) is 0 Å². The molecule has 0 bridgehead atoms. The Bertz CT molecular complexity index is 333. The molecular formula is C15H20. The maximum absolute atomic E-state index is 3.17. The van der Waals surface area contributed by atoms with Gasteiger partial charge in [0.25, 0.3) is 0 Å². The lowest BCUT2D eigenvalue weighted by atomic mass is 10.0. The van der Waals surface area contributed by atoms with Gasteiger partial charge in [-0.3, -0.25) is 0 Å². The van der Waals surface area contributed by atoms with E-state index in [9.17, 15) is 0 Å². The molecule has 0 radical (unpaired) electrons. The van der Waals surface area contributed by atoms with Crippen LogP contribution in [0.1, 0.15) is 50.7 Å². The van der Waals surface area contributed by atoms with Gasteiger partial charge in [0, 0.05) is 12.8 Å². The number of benzene rings is 1. The van der Waals surface area contributed by atoms with Gasteiger partial charge in [0.2, 0.25) is 0 Å². The second kappa shape index (κ2) is 6.30. The number of rotatable bonds is 3. The van der Waals surface area contributed by atoms with Crippen molar-refractivity contribution in [2.24, 2.45) is 0 Å². The summed E-state index contributed by atoms with van der Waals surface area (Å²) in [4.78, 5) is 0. The summed E-state index contributed by atoms with van der Waals surface area (Å²) >= 11 is 0. The van der Waals surface area contributed by atoms with E-state index in [2.05, 4.69) is 56.9 Å². The van der Waals surface area contributed by atoms with Crippen LogP contribution in [-0.2, 0) is 6.42 Å². The molecule has 0 aliphatic carbocycles. The summed E-state index contributed by atoms with van der Waals surface area (Å²) in [5.41, 5.74) is 2.81. The van der Waals surface area contributed by atoms with Crippen LogP contribution < -0.4 is 0 Å². The fourth-order valence-corrected chi connectivity index (χ4v) is 1.49. The van der Waals surface area contributed by atoms with E-state index in [0.717, 1.165) is 19.3 Å². The van der Waals surface area contributed by atoms with Crippen molar-refractivity contribution in [1.82, 2.24) is 0 Å². The lowest BCUT2D eigenvalue weighted by Gasteiger charge is -2.05. The SMILES string of the molecule is CCC#CCCc1ccc(C(C)C)cc1. The predicted molar refractivity (Wildman–Crippen MR) is 66.9 cm³/mol. The highest BCUT2D eigenvalue weighted by Gasteiger charge is 1.97. The first kappa shape index (κ1) is 11.9. The van der Waals surface area contributed by atoms with Crippen molar-refractivity contribution < 1.29 is 0 Å². The number of aryl methyl sites for hydroxylation is 1. The molecule has 0 fully saturated rings. The molecule has 0 nitrogen and oxygen atoms in total. The number of hydrogen-bond acceptors (Lipinski definition) is 0. The summed E-state index contributed by atoms with van der Waals surface area (Å²) in [6.45, 7) is 6.54. The van der Waals surface area contributed by atoms with E-state index in [1.54, 1.807) is 0 Å². The lowest BCUT2D eigenvalue weighted by molar-refractivity contribution is 0.864. The van der Waals surface area contributed by atoms with Crippen molar-refractivity contribution in [2.45, 2.75) is 46.0 Å². The lowest BCUT2D eigenvalue weighted by Crippen LogP contribution is -1.89. The van der Waals surface area contributed by atoms with E-state index < -0.39 is 0 Å².